The second-order valence-corrected chi connectivity index (χ2v) is 6.93. The summed E-state index contributed by atoms with van der Waals surface area (Å²) >= 11 is 0. The molecule has 0 aliphatic heterocycles. The van der Waals surface area contributed by atoms with Crippen LogP contribution in [-0.2, 0) is 0 Å². The Morgan fingerprint density at radius 1 is 0.929 bits per heavy atom. The number of aromatic nitrogens is 3. The van der Waals surface area contributed by atoms with Gasteiger partial charge >= 0.3 is 0 Å². The van der Waals surface area contributed by atoms with Crippen LogP contribution in [0.4, 0.5) is 11.4 Å². The van der Waals surface area contributed by atoms with E-state index in [1.54, 1.807) is 10.9 Å². The van der Waals surface area contributed by atoms with Gasteiger partial charge in [-0.1, -0.05) is 17.7 Å². The quantitative estimate of drug-likeness (QED) is 0.588. The van der Waals surface area contributed by atoms with Crippen molar-refractivity contribution in [2.45, 2.75) is 6.92 Å². The van der Waals surface area contributed by atoms with Crippen LogP contribution < -0.4 is 10.2 Å². The van der Waals surface area contributed by atoms with Crippen LogP contribution in [0.15, 0.2) is 66.7 Å². The average Bonchev–Trinajstić information content (AvgIpc) is 3.11. The van der Waals surface area contributed by atoms with Gasteiger partial charge in [-0.15, -0.1) is 10.2 Å². The van der Waals surface area contributed by atoms with Crippen molar-refractivity contribution in [1.82, 2.24) is 15.0 Å². The summed E-state index contributed by atoms with van der Waals surface area (Å²) in [5.41, 5.74) is 5.85. The molecule has 4 aromatic rings. The number of nitrogens with zero attached hydrogens (tertiary/aromatic N) is 4. The highest BCUT2D eigenvalue weighted by atomic mass is 16.1. The molecule has 28 heavy (non-hydrogen) atoms. The van der Waals surface area contributed by atoms with Crippen LogP contribution in [0.2, 0.25) is 0 Å². The lowest BCUT2D eigenvalue weighted by atomic mass is 10.1. The number of anilines is 2. The fourth-order valence-electron chi connectivity index (χ4n) is 2.98. The molecule has 6 heteroatoms. The normalized spacial score (nSPS) is 10.8. The highest BCUT2D eigenvalue weighted by Gasteiger charge is 2.09. The Kier molecular flexibility index (Phi) is 4.53. The molecule has 3 aromatic carbocycles. The van der Waals surface area contributed by atoms with E-state index < -0.39 is 0 Å². The zero-order valence-electron chi connectivity index (χ0n) is 16.0. The molecule has 4 rings (SSSR count). The molecule has 0 spiro atoms. The lowest BCUT2D eigenvalue weighted by Crippen LogP contribution is -2.11. The third-order valence-electron chi connectivity index (χ3n) is 4.52. The Bertz CT molecular complexity index is 1150. The number of hydrogen-bond acceptors (Lipinski definition) is 4. The second kappa shape index (κ2) is 7.15. The summed E-state index contributed by atoms with van der Waals surface area (Å²) in [6.45, 7) is 1.96. The van der Waals surface area contributed by atoms with Crippen LogP contribution in [0.1, 0.15) is 15.9 Å². The Hall–Kier alpha value is -3.67. The van der Waals surface area contributed by atoms with Gasteiger partial charge in [0, 0.05) is 31.0 Å². The SMILES string of the molecule is Cc1cccc(C(=O)Nc2ccc3nn(-c4ccc(N(C)C)cc4)nc3c2)c1. The van der Waals surface area contributed by atoms with E-state index in [4.69, 9.17) is 0 Å². The largest absolute Gasteiger partial charge is 0.378 e. The van der Waals surface area contributed by atoms with Crippen molar-refractivity contribution in [3.63, 3.8) is 0 Å². The van der Waals surface area contributed by atoms with Crippen molar-refractivity contribution in [2.24, 2.45) is 0 Å². The predicted octanol–water partition coefficient (Wildman–Crippen LogP) is 4.05. The first-order valence-corrected chi connectivity index (χ1v) is 9.02. The first-order valence-electron chi connectivity index (χ1n) is 9.02. The van der Waals surface area contributed by atoms with Crippen molar-refractivity contribution in [3.05, 3.63) is 77.9 Å². The fourth-order valence-corrected chi connectivity index (χ4v) is 2.98. The molecule has 0 atom stereocenters. The summed E-state index contributed by atoms with van der Waals surface area (Å²) in [4.78, 5) is 16.1. The molecule has 1 aromatic heterocycles. The van der Waals surface area contributed by atoms with Gasteiger partial charge in [-0.2, -0.15) is 4.80 Å². The number of rotatable bonds is 4. The Labute approximate surface area is 163 Å². The molecular formula is C22H21N5O. The van der Waals surface area contributed by atoms with Crippen molar-refractivity contribution < 1.29 is 4.79 Å². The minimum atomic E-state index is -0.144. The molecule has 0 radical (unpaired) electrons. The van der Waals surface area contributed by atoms with E-state index in [1.165, 1.54) is 0 Å². The summed E-state index contributed by atoms with van der Waals surface area (Å²) in [6.07, 6.45) is 0. The molecule has 0 saturated carbocycles. The van der Waals surface area contributed by atoms with E-state index in [2.05, 4.69) is 15.5 Å². The minimum Gasteiger partial charge on any atom is -0.378 e. The van der Waals surface area contributed by atoms with Crippen LogP contribution >= 0.6 is 0 Å². The predicted molar refractivity (Wildman–Crippen MR) is 112 cm³/mol. The van der Waals surface area contributed by atoms with E-state index in [1.807, 2.05) is 86.6 Å². The van der Waals surface area contributed by atoms with Gasteiger partial charge in [0.2, 0.25) is 0 Å². The summed E-state index contributed by atoms with van der Waals surface area (Å²) in [5, 5.41) is 12.0. The highest BCUT2D eigenvalue weighted by molar-refractivity contribution is 6.05. The molecule has 0 aliphatic rings. The van der Waals surface area contributed by atoms with Gasteiger partial charge < -0.3 is 10.2 Å². The zero-order valence-corrected chi connectivity index (χ0v) is 16.0. The van der Waals surface area contributed by atoms with Crippen molar-refractivity contribution in [1.29, 1.82) is 0 Å². The number of hydrogen-bond donors (Lipinski definition) is 1. The van der Waals surface area contributed by atoms with Crippen LogP contribution in [-0.4, -0.2) is 35.0 Å². The smallest absolute Gasteiger partial charge is 0.255 e. The Morgan fingerprint density at radius 3 is 2.39 bits per heavy atom. The molecule has 0 aliphatic carbocycles. The number of aryl methyl sites for hydroxylation is 1. The first-order chi connectivity index (χ1) is 13.5. The van der Waals surface area contributed by atoms with Crippen LogP contribution in [0.3, 0.4) is 0 Å². The second-order valence-electron chi connectivity index (χ2n) is 6.93. The van der Waals surface area contributed by atoms with E-state index >= 15 is 0 Å². The number of fused-ring (bicyclic) bond motifs is 1. The molecule has 1 N–H and O–H groups in total. The van der Waals surface area contributed by atoms with Gasteiger partial charge in [-0.3, -0.25) is 4.79 Å². The summed E-state index contributed by atoms with van der Waals surface area (Å²) in [7, 11) is 4.00. The average molecular weight is 371 g/mol. The highest BCUT2D eigenvalue weighted by Crippen LogP contribution is 2.20. The molecule has 0 fully saturated rings. The van der Waals surface area contributed by atoms with Gasteiger partial charge in [0.1, 0.15) is 11.0 Å². The van der Waals surface area contributed by atoms with Crippen molar-refractivity contribution >= 4 is 28.3 Å². The third kappa shape index (κ3) is 3.57. The number of benzene rings is 3. The van der Waals surface area contributed by atoms with E-state index in [9.17, 15) is 4.79 Å². The molecule has 1 heterocycles. The summed E-state index contributed by atoms with van der Waals surface area (Å²) < 4.78 is 0. The Morgan fingerprint density at radius 2 is 1.68 bits per heavy atom. The van der Waals surface area contributed by atoms with Crippen molar-refractivity contribution in [2.75, 3.05) is 24.3 Å². The maximum Gasteiger partial charge on any atom is 0.255 e. The number of nitrogens with one attached hydrogen (secondary N) is 1. The van der Waals surface area contributed by atoms with Crippen LogP contribution in [0, 0.1) is 6.92 Å². The Balaban J connectivity index is 1.58. The fraction of sp³-hybridized carbons (Fsp3) is 0.136. The maximum atomic E-state index is 12.5. The monoisotopic (exact) mass is 371 g/mol. The van der Waals surface area contributed by atoms with Crippen LogP contribution in [0.5, 0.6) is 0 Å². The lowest BCUT2D eigenvalue weighted by molar-refractivity contribution is 0.102. The van der Waals surface area contributed by atoms with Gasteiger partial charge in [0.15, 0.2) is 0 Å². The first kappa shape index (κ1) is 17.7. The minimum absolute atomic E-state index is 0.144. The van der Waals surface area contributed by atoms with E-state index in [-0.39, 0.29) is 5.91 Å². The van der Waals surface area contributed by atoms with Gasteiger partial charge in [-0.25, -0.2) is 0 Å². The molecular weight excluding hydrogens is 350 g/mol. The lowest BCUT2D eigenvalue weighted by Gasteiger charge is -2.12. The number of carbonyl (C=O) groups excluding carboxylic acids is 1. The van der Waals surface area contributed by atoms with Gasteiger partial charge in [-0.05, 0) is 61.5 Å². The van der Waals surface area contributed by atoms with Gasteiger partial charge in [0.25, 0.3) is 5.91 Å². The summed E-state index contributed by atoms with van der Waals surface area (Å²) in [6, 6.07) is 21.0. The van der Waals surface area contributed by atoms with E-state index in [0.717, 1.165) is 28.0 Å². The van der Waals surface area contributed by atoms with E-state index in [0.29, 0.717) is 11.3 Å². The molecule has 6 nitrogen and oxygen atoms in total. The zero-order chi connectivity index (χ0) is 19.7. The number of carbonyl (C=O) groups is 1. The topological polar surface area (TPSA) is 63.1 Å². The molecule has 0 bridgehead atoms. The molecule has 0 unspecified atom stereocenters. The molecule has 140 valence electrons. The number of amides is 1. The third-order valence-corrected chi connectivity index (χ3v) is 4.52. The summed E-state index contributed by atoms with van der Waals surface area (Å²) in [5.74, 6) is -0.144. The maximum absolute atomic E-state index is 12.5. The molecule has 0 saturated heterocycles. The van der Waals surface area contributed by atoms with Crippen molar-refractivity contribution in [3.8, 4) is 5.69 Å². The van der Waals surface area contributed by atoms with Gasteiger partial charge in [0.05, 0.1) is 5.69 Å². The standard InChI is InChI=1S/C22H21N5O/c1-15-5-4-6-16(13-15)22(28)23-17-7-12-20-21(14-17)25-27(24-20)19-10-8-18(9-11-19)26(2)3/h4-14H,1-3H3,(H,23,28). The molecule has 1 amide bonds. The van der Waals surface area contributed by atoms with Crippen LogP contribution in [0.25, 0.3) is 16.7 Å².